The summed E-state index contributed by atoms with van der Waals surface area (Å²) < 4.78 is 5.21. The number of hydrogen-bond acceptors (Lipinski definition) is 5. The molecule has 0 spiro atoms. The fourth-order valence-corrected chi connectivity index (χ4v) is 2.69. The number of rotatable bonds is 5. The van der Waals surface area contributed by atoms with Gasteiger partial charge in [-0.1, -0.05) is 0 Å². The first-order valence-electron chi connectivity index (χ1n) is 7.71. The molecule has 1 atom stereocenters. The van der Waals surface area contributed by atoms with Crippen molar-refractivity contribution in [2.75, 3.05) is 0 Å². The van der Waals surface area contributed by atoms with Crippen molar-refractivity contribution in [1.29, 1.82) is 5.26 Å². The van der Waals surface area contributed by atoms with Crippen molar-refractivity contribution in [2.45, 2.75) is 33.8 Å². The number of carbonyl (C=O) groups is 3. The highest BCUT2D eigenvalue weighted by Crippen LogP contribution is 2.20. The number of Topliss-reactive ketones (excluding diaryl/α,β-unsaturated/α-hetero) is 2. The fourth-order valence-electron chi connectivity index (χ4n) is 2.69. The summed E-state index contributed by atoms with van der Waals surface area (Å²) in [7, 11) is 0. The Labute approximate surface area is 145 Å². The van der Waals surface area contributed by atoms with E-state index >= 15 is 0 Å². The molecule has 0 bridgehead atoms. The van der Waals surface area contributed by atoms with Gasteiger partial charge in [0.1, 0.15) is 0 Å². The van der Waals surface area contributed by atoms with Crippen LogP contribution < -0.4 is 0 Å². The fraction of sp³-hybridized carbons (Fsp3) is 0.263. The van der Waals surface area contributed by atoms with Crippen LogP contribution in [0.4, 0.5) is 0 Å². The quantitative estimate of drug-likeness (QED) is 0.667. The molecule has 1 N–H and O–H groups in total. The van der Waals surface area contributed by atoms with E-state index in [0.717, 1.165) is 0 Å². The molecule has 0 amide bonds. The topological polar surface area (TPSA) is 100 Å². The monoisotopic (exact) mass is 338 g/mol. The van der Waals surface area contributed by atoms with Crippen LogP contribution in [0.5, 0.6) is 0 Å². The summed E-state index contributed by atoms with van der Waals surface area (Å²) in [5, 5.41) is 8.76. The van der Waals surface area contributed by atoms with E-state index < -0.39 is 17.9 Å². The highest BCUT2D eigenvalue weighted by Gasteiger charge is 2.26. The minimum Gasteiger partial charge on any atom is -0.451 e. The van der Waals surface area contributed by atoms with Crippen LogP contribution >= 0.6 is 0 Å². The Morgan fingerprint density at radius 3 is 2.24 bits per heavy atom. The van der Waals surface area contributed by atoms with E-state index in [4.69, 9.17) is 10.00 Å². The molecule has 1 heterocycles. The summed E-state index contributed by atoms with van der Waals surface area (Å²) in [6, 6.07) is 7.90. The summed E-state index contributed by atoms with van der Waals surface area (Å²) in [4.78, 5) is 39.3. The first-order valence-corrected chi connectivity index (χ1v) is 7.71. The molecule has 1 aromatic carbocycles. The van der Waals surface area contributed by atoms with E-state index in [0.29, 0.717) is 22.4 Å². The zero-order valence-electron chi connectivity index (χ0n) is 14.5. The number of nitriles is 1. The number of esters is 1. The average molecular weight is 338 g/mol. The lowest BCUT2D eigenvalue weighted by molar-refractivity contribution is 0.0317. The number of ketones is 2. The van der Waals surface area contributed by atoms with Crippen LogP contribution in [0.1, 0.15) is 61.9 Å². The van der Waals surface area contributed by atoms with Gasteiger partial charge in [-0.25, -0.2) is 4.79 Å². The highest BCUT2D eigenvalue weighted by atomic mass is 16.5. The van der Waals surface area contributed by atoms with Crippen LogP contribution in [0.25, 0.3) is 0 Å². The molecule has 1 aromatic heterocycles. The standard InChI is InChI=1S/C19H18N2O4/c1-10-16(12(3)22)11(2)21-17(10)18(23)13(4)25-19(24)15-7-5-14(9-20)6-8-15/h5-8,13,21H,1-4H3/t13-/m1/s1. The van der Waals surface area contributed by atoms with Gasteiger partial charge in [0.15, 0.2) is 11.9 Å². The Morgan fingerprint density at radius 1 is 1.16 bits per heavy atom. The average Bonchev–Trinajstić information content (AvgIpc) is 2.88. The van der Waals surface area contributed by atoms with Crippen LogP contribution in [0.15, 0.2) is 24.3 Å². The number of aromatic nitrogens is 1. The Hall–Kier alpha value is -3.20. The third-order valence-corrected chi connectivity index (χ3v) is 3.94. The molecule has 128 valence electrons. The molecule has 0 aliphatic rings. The van der Waals surface area contributed by atoms with Gasteiger partial charge in [-0.05, 0) is 57.5 Å². The van der Waals surface area contributed by atoms with Crippen molar-refractivity contribution >= 4 is 17.5 Å². The molecule has 0 aliphatic carbocycles. The van der Waals surface area contributed by atoms with Crippen molar-refractivity contribution in [2.24, 2.45) is 0 Å². The van der Waals surface area contributed by atoms with Crippen molar-refractivity contribution in [3.05, 3.63) is 57.9 Å². The van der Waals surface area contributed by atoms with Crippen molar-refractivity contribution in [3.8, 4) is 6.07 Å². The van der Waals surface area contributed by atoms with Gasteiger partial charge < -0.3 is 9.72 Å². The van der Waals surface area contributed by atoms with E-state index in [-0.39, 0.29) is 17.0 Å². The van der Waals surface area contributed by atoms with Gasteiger partial charge in [0.05, 0.1) is 22.9 Å². The van der Waals surface area contributed by atoms with E-state index in [1.54, 1.807) is 13.8 Å². The van der Waals surface area contributed by atoms with Crippen LogP contribution in [-0.4, -0.2) is 28.6 Å². The van der Waals surface area contributed by atoms with Crippen LogP contribution in [0.3, 0.4) is 0 Å². The zero-order chi connectivity index (χ0) is 18.7. The minimum atomic E-state index is -1.01. The van der Waals surface area contributed by atoms with Gasteiger partial charge >= 0.3 is 5.97 Å². The normalized spacial score (nSPS) is 11.5. The molecular weight excluding hydrogens is 320 g/mol. The van der Waals surface area contributed by atoms with E-state index in [9.17, 15) is 14.4 Å². The Morgan fingerprint density at radius 2 is 1.76 bits per heavy atom. The summed E-state index contributed by atoms with van der Waals surface area (Å²) in [6.45, 7) is 6.31. The molecule has 25 heavy (non-hydrogen) atoms. The number of ether oxygens (including phenoxy) is 1. The van der Waals surface area contributed by atoms with Crippen molar-refractivity contribution in [1.82, 2.24) is 4.98 Å². The van der Waals surface area contributed by atoms with Gasteiger partial charge in [0.25, 0.3) is 0 Å². The van der Waals surface area contributed by atoms with E-state index in [1.807, 2.05) is 6.07 Å². The van der Waals surface area contributed by atoms with Gasteiger partial charge in [-0.15, -0.1) is 0 Å². The number of benzene rings is 1. The SMILES string of the molecule is CC(=O)c1c(C)[nH]c(C(=O)[C@@H](C)OC(=O)c2ccc(C#N)cc2)c1C. The maximum atomic E-state index is 12.6. The lowest BCUT2D eigenvalue weighted by atomic mass is 10.0. The highest BCUT2D eigenvalue weighted by molar-refractivity contribution is 6.05. The zero-order valence-corrected chi connectivity index (χ0v) is 14.5. The van der Waals surface area contributed by atoms with Gasteiger partial charge in [-0.3, -0.25) is 9.59 Å². The minimum absolute atomic E-state index is 0.132. The predicted molar refractivity (Wildman–Crippen MR) is 90.6 cm³/mol. The summed E-state index contributed by atoms with van der Waals surface area (Å²) in [5.74, 6) is -1.19. The molecule has 6 nitrogen and oxygen atoms in total. The first kappa shape index (κ1) is 18.1. The smallest absolute Gasteiger partial charge is 0.338 e. The molecule has 0 saturated carbocycles. The molecule has 0 saturated heterocycles. The van der Waals surface area contributed by atoms with Crippen molar-refractivity contribution < 1.29 is 19.1 Å². The maximum Gasteiger partial charge on any atom is 0.338 e. The molecule has 6 heteroatoms. The lowest BCUT2D eigenvalue weighted by Crippen LogP contribution is -2.25. The number of hydrogen-bond donors (Lipinski definition) is 1. The van der Waals surface area contributed by atoms with E-state index in [2.05, 4.69) is 4.98 Å². The van der Waals surface area contributed by atoms with Crippen LogP contribution in [-0.2, 0) is 4.74 Å². The second-order valence-corrected chi connectivity index (χ2v) is 5.78. The molecular formula is C19H18N2O4. The van der Waals surface area contributed by atoms with Crippen molar-refractivity contribution in [3.63, 3.8) is 0 Å². The first-order chi connectivity index (χ1) is 11.8. The van der Waals surface area contributed by atoms with Gasteiger partial charge in [-0.2, -0.15) is 5.26 Å². The Bertz CT molecular complexity index is 885. The second kappa shape index (κ2) is 7.14. The second-order valence-electron chi connectivity index (χ2n) is 5.78. The lowest BCUT2D eigenvalue weighted by Gasteiger charge is -2.12. The van der Waals surface area contributed by atoms with E-state index in [1.165, 1.54) is 38.1 Å². The largest absolute Gasteiger partial charge is 0.451 e. The number of carbonyl (C=O) groups excluding carboxylic acids is 3. The number of H-pyrrole nitrogens is 1. The van der Waals surface area contributed by atoms with Crippen LogP contribution in [0.2, 0.25) is 0 Å². The molecule has 2 rings (SSSR count). The Balaban J connectivity index is 2.17. The Kier molecular flexibility index (Phi) is 5.18. The third kappa shape index (κ3) is 3.66. The number of aryl methyl sites for hydroxylation is 1. The van der Waals surface area contributed by atoms with Gasteiger partial charge in [0, 0.05) is 11.3 Å². The molecule has 0 fully saturated rings. The third-order valence-electron chi connectivity index (χ3n) is 3.94. The number of aromatic amines is 1. The summed E-state index contributed by atoms with van der Waals surface area (Å²) in [6.07, 6.45) is -1.01. The molecule has 0 radical (unpaired) electrons. The molecule has 2 aromatic rings. The number of nitrogens with zero attached hydrogens (tertiary/aromatic N) is 1. The molecule has 0 aliphatic heterocycles. The molecule has 0 unspecified atom stereocenters. The van der Waals surface area contributed by atoms with Crippen LogP contribution in [0, 0.1) is 25.2 Å². The van der Waals surface area contributed by atoms with Gasteiger partial charge in [0.2, 0.25) is 5.78 Å². The number of nitrogens with one attached hydrogen (secondary N) is 1. The predicted octanol–water partition coefficient (Wildman–Crippen LogP) is 3.13. The maximum absolute atomic E-state index is 12.6. The summed E-state index contributed by atoms with van der Waals surface area (Å²) >= 11 is 0. The summed E-state index contributed by atoms with van der Waals surface area (Å²) in [5.41, 5.74) is 2.59.